The Kier molecular flexibility index (Phi) is 17.9. The van der Waals surface area contributed by atoms with Crippen molar-refractivity contribution in [3.8, 4) is 0 Å². The van der Waals surface area contributed by atoms with Crippen LogP contribution in [0.5, 0.6) is 0 Å². The SMILES string of the molecule is C=CC(=O)OCCOC(=O)CCCCCCCN1C(=O)N(CCCCCCNC(=O)OCCOC(=O)C=C)C1=O. The minimum absolute atomic E-state index is 0.000311. The molecular formula is C27H41N3O10. The third kappa shape index (κ3) is 14.9. The first-order valence-electron chi connectivity index (χ1n) is 13.6. The summed E-state index contributed by atoms with van der Waals surface area (Å²) in [5.74, 6) is -1.48. The second kappa shape index (κ2) is 21.0. The monoisotopic (exact) mass is 567 g/mol. The first-order chi connectivity index (χ1) is 19.3. The van der Waals surface area contributed by atoms with Gasteiger partial charge in [-0.2, -0.15) is 0 Å². The van der Waals surface area contributed by atoms with Gasteiger partial charge in [0.2, 0.25) is 0 Å². The summed E-state index contributed by atoms with van der Waals surface area (Å²) in [6.07, 6.45) is 8.74. The molecule has 1 N–H and O–H groups in total. The van der Waals surface area contributed by atoms with Crippen molar-refractivity contribution >= 4 is 36.1 Å². The quantitative estimate of drug-likeness (QED) is 0.0839. The van der Waals surface area contributed by atoms with E-state index in [1.165, 1.54) is 9.80 Å². The van der Waals surface area contributed by atoms with Crippen LogP contribution in [-0.4, -0.2) is 91.9 Å². The van der Waals surface area contributed by atoms with Crippen molar-refractivity contribution in [1.29, 1.82) is 0 Å². The molecule has 40 heavy (non-hydrogen) atoms. The van der Waals surface area contributed by atoms with Crippen LogP contribution >= 0.6 is 0 Å². The summed E-state index contributed by atoms with van der Waals surface area (Å²) in [4.78, 5) is 71.8. The third-order valence-corrected chi connectivity index (χ3v) is 5.75. The van der Waals surface area contributed by atoms with Crippen LogP contribution in [0.4, 0.5) is 14.4 Å². The number of imide groups is 2. The van der Waals surface area contributed by atoms with Gasteiger partial charge in [0, 0.05) is 38.2 Å². The largest absolute Gasteiger partial charge is 0.462 e. The van der Waals surface area contributed by atoms with Crippen molar-refractivity contribution in [2.75, 3.05) is 46.1 Å². The Morgan fingerprint density at radius 3 is 1.62 bits per heavy atom. The lowest BCUT2D eigenvalue weighted by Crippen LogP contribution is -2.64. The number of amides is 5. The summed E-state index contributed by atoms with van der Waals surface area (Å²) >= 11 is 0. The van der Waals surface area contributed by atoms with Gasteiger partial charge < -0.3 is 24.3 Å². The van der Waals surface area contributed by atoms with Crippen molar-refractivity contribution in [3.63, 3.8) is 0 Å². The number of hydrogen-bond donors (Lipinski definition) is 1. The first-order valence-corrected chi connectivity index (χ1v) is 13.6. The van der Waals surface area contributed by atoms with Crippen LogP contribution < -0.4 is 5.32 Å². The van der Waals surface area contributed by atoms with Crippen LogP contribution in [0.2, 0.25) is 0 Å². The summed E-state index contributed by atoms with van der Waals surface area (Å²) < 4.78 is 19.2. The molecule has 224 valence electrons. The normalized spacial score (nSPS) is 12.3. The second-order valence-electron chi connectivity index (χ2n) is 8.83. The molecule has 1 rings (SSSR count). The Bertz CT molecular complexity index is 795. The maximum absolute atomic E-state index is 12.2. The Labute approximate surface area is 234 Å². The predicted molar refractivity (Wildman–Crippen MR) is 143 cm³/mol. The fourth-order valence-electron chi connectivity index (χ4n) is 3.62. The lowest BCUT2D eigenvalue weighted by molar-refractivity contribution is -0.149. The Morgan fingerprint density at radius 1 is 0.625 bits per heavy atom. The molecule has 13 heteroatoms. The van der Waals surface area contributed by atoms with E-state index in [-0.39, 0.29) is 50.9 Å². The number of urea groups is 2. The molecule has 0 aromatic heterocycles. The Hall–Kier alpha value is -3.90. The van der Waals surface area contributed by atoms with Gasteiger partial charge in [0.15, 0.2) is 0 Å². The highest BCUT2D eigenvalue weighted by Gasteiger charge is 2.42. The fourth-order valence-corrected chi connectivity index (χ4v) is 3.62. The zero-order valence-electron chi connectivity index (χ0n) is 23.1. The average molecular weight is 568 g/mol. The molecule has 0 bridgehead atoms. The molecule has 1 aliphatic heterocycles. The standard InChI is InChI=1S/C27H41N3O10/c1-3-22(31)37-18-19-39-24(33)14-10-6-5-8-12-16-29-26(35)30(27(29)36)17-13-9-7-11-15-28-25(34)40-21-20-38-23(32)4-2/h3-4H,1-2,5-21H2,(H,28,34). The zero-order valence-corrected chi connectivity index (χ0v) is 23.1. The van der Waals surface area contributed by atoms with Crippen molar-refractivity contribution < 1.29 is 47.7 Å². The van der Waals surface area contributed by atoms with Crippen LogP contribution in [0.15, 0.2) is 25.3 Å². The van der Waals surface area contributed by atoms with E-state index in [1.807, 2.05) is 0 Å². The van der Waals surface area contributed by atoms with E-state index in [0.717, 1.165) is 50.7 Å². The highest BCUT2D eigenvalue weighted by atomic mass is 16.6. The van der Waals surface area contributed by atoms with Gasteiger partial charge in [-0.25, -0.2) is 33.8 Å². The third-order valence-electron chi connectivity index (χ3n) is 5.75. The molecule has 5 amide bonds. The molecular weight excluding hydrogens is 526 g/mol. The molecule has 1 fully saturated rings. The van der Waals surface area contributed by atoms with E-state index in [4.69, 9.17) is 14.2 Å². The molecule has 0 aromatic rings. The van der Waals surface area contributed by atoms with Crippen molar-refractivity contribution in [2.45, 2.75) is 64.2 Å². The average Bonchev–Trinajstić information content (AvgIpc) is 2.95. The van der Waals surface area contributed by atoms with Crippen LogP contribution in [0.1, 0.15) is 64.2 Å². The van der Waals surface area contributed by atoms with Crippen LogP contribution in [-0.2, 0) is 33.3 Å². The van der Waals surface area contributed by atoms with Gasteiger partial charge in [-0.1, -0.05) is 45.3 Å². The smallest absolute Gasteiger partial charge is 0.407 e. The number of esters is 3. The minimum atomic E-state index is -0.589. The first kappa shape index (κ1) is 34.1. The van der Waals surface area contributed by atoms with Gasteiger partial charge >= 0.3 is 36.1 Å². The molecule has 0 atom stereocenters. The van der Waals surface area contributed by atoms with Gasteiger partial charge in [0.1, 0.15) is 26.4 Å². The number of rotatable bonds is 23. The molecule has 0 aromatic carbocycles. The molecule has 1 heterocycles. The van der Waals surface area contributed by atoms with Crippen LogP contribution in [0, 0.1) is 0 Å². The molecule has 0 spiro atoms. The zero-order chi connectivity index (χ0) is 29.6. The number of nitrogens with zero attached hydrogens (tertiary/aromatic N) is 2. The lowest BCUT2D eigenvalue weighted by atomic mass is 10.1. The maximum atomic E-state index is 12.2. The number of hydrogen-bond acceptors (Lipinski definition) is 10. The van der Waals surface area contributed by atoms with Crippen LogP contribution in [0.25, 0.3) is 0 Å². The van der Waals surface area contributed by atoms with E-state index in [1.54, 1.807) is 0 Å². The van der Waals surface area contributed by atoms with E-state index in [0.29, 0.717) is 38.9 Å². The van der Waals surface area contributed by atoms with Gasteiger partial charge in [0.05, 0.1) is 0 Å². The summed E-state index contributed by atoms with van der Waals surface area (Å²) in [5.41, 5.74) is 0. The fraction of sp³-hybridized carbons (Fsp3) is 0.630. The molecule has 1 aliphatic rings. The topological polar surface area (TPSA) is 158 Å². The summed E-state index contributed by atoms with van der Waals surface area (Å²) in [6, 6.07) is -0.538. The minimum Gasteiger partial charge on any atom is -0.462 e. The predicted octanol–water partition coefficient (Wildman–Crippen LogP) is 3.47. The number of alkyl carbamates (subject to hydrolysis) is 1. The maximum Gasteiger partial charge on any atom is 0.407 e. The Morgan fingerprint density at radius 2 is 1.07 bits per heavy atom. The summed E-state index contributed by atoms with van der Waals surface area (Å²) in [6.45, 7) is 7.66. The summed E-state index contributed by atoms with van der Waals surface area (Å²) in [7, 11) is 0. The number of nitrogens with one attached hydrogen (secondary N) is 1. The van der Waals surface area contributed by atoms with Gasteiger partial charge in [-0.15, -0.1) is 0 Å². The van der Waals surface area contributed by atoms with E-state index in [9.17, 15) is 28.8 Å². The van der Waals surface area contributed by atoms with Crippen molar-refractivity contribution in [1.82, 2.24) is 15.1 Å². The van der Waals surface area contributed by atoms with Gasteiger partial charge in [0.25, 0.3) is 0 Å². The lowest BCUT2D eigenvalue weighted by Gasteiger charge is -2.39. The molecule has 0 saturated carbocycles. The highest BCUT2D eigenvalue weighted by Crippen LogP contribution is 2.19. The molecule has 0 aliphatic carbocycles. The molecule has 13 nitrogen and oxygen atoms in total. The highest BCUT2D eigenvalue weighted by molar-refractivity contribution is 6.11. The van der Waals surface area contributed by atoms with Crippen LogP contribution in [0.3, 0.4) is 0 Å². The number of carbonyl (C=O) groups is 6. The number of ether oxygens (including phenoxy) is 4. The molecule has 1 saturated heterocycles. The number of carbonyl (C=O) groups excluding carboxylic acids is 6. The number of unbranched alkanes of at least 4 members (excludes halogenated alkanes) is 7. The van der Waals surface area contributed by atoms with E-state index >= 15 is 0 Å². The van der Waals surface area contributed by atoms with Gasteiger partial charge in [-0.3, -0.25) is 4.79 Å². The molecule has 0 unspecified atom stereocenters. The van der Waals surface area contributed by atoms with E-state index < -0.39 is 18.0 Å². The van der Waals surface area contributed by atoms with Gasteiger partial charge in [-0.05, 0) is 25.7 Å². The van der Waals surface area contributed by atoms with E-state index in [2.05, 4.69) is 23.2 Å². The molecule has 0 radical (unpaired) electrons. The van der Waals surface area contributed by atoms with Crippen molar-refractivity contribution in [2.24, 2.45) is 0 Å². The second-order valence-corrected chi connectivity index (χ2v) is 8.83. The van der Waals surface area contributed by atoms with Crippen molar-refractivity contribution in [3.05, 3.63) is 25.3 Å². The Balaban J connectivity index is 1.95. The summed E-state index contributed by atoms with van der Waals surface area (Å²) in [5, 5.41) is 2.60.